The highest BCUT2D eigenvalue weighted by atomic mass is 16.3. The zero-order chi connectivity index (χ0) is 58.3. The minimum Gasteiger partial charge on any atom is -0.507 e. The third-order valence-electron chi connectivity index (χ3n) is 14.6. The quantitative estimate of drug-likeness (QED) is 0.0304. The molecule has 16 nitrogen and oxygen atoms in total. The third-order valence-corrected chi connectivity index (χ3v) is 14.6. The Morgan fingerprint density at radius 1 is 0.370 bits per heavy atom. The number of carbonyl (C=O) groups is 4. The van der Waals surface area contributed by atoms with Gasteiger partial charge in [0.15, 0.2) is 11.6 Å². The van der Waals surface area contributed by atoms with E-state index < -0.39 is 137 Å². The number of Topliss-reactive ketones (excluding diaryl/α,β-unsaturated/α-hetero) is 3. The fraction of sp³-hybridized carbons (Fsp3) is 0.108. The van der Waals surface area contributed by atoms with Gasteiger partial charge in [0.2, 0.25) is 11.6 Å². The van der Waals surface area contributed by atoms with E-state index in [2.05, 4.69) is 19.7 Å². The summed E-state index contributed by atoms with van der Waals surface area (Å²) in [6.07, 6.45) is 6.50. The third kappa shape index (κ3) is 9.33. The number of aliphatic hydroxyl groups excluding tert-OH is 6. The lowest BCUT2D eigenvalue weighted by Crippen LogP contribution is -2.29. The van der Waals surface area contributed by atoms with Crippen molar-refractivity contribution in [3.63, 3.8) is 0 Å². The fourth-order valence-corrected chi connectivity index (χ4v) is 10.5. The standard InChI is InChI=1S/C65H52O16/c1-4-16-35-52(68)36(17-5-2)56(72)46(55(35)71)49-64(80)50(65(49)81)47-57(73)37(18-6-3)53(69)38(58(47)74)26-15-25-33-23-13-14-24-34(33)29-41-54(70)40(28-32-21-11-8-12-22-32)60(76)48(61(41)77)51-62(78)45(63(51)79)44-43(67)30-42(66)39(59(44)75)27-31-19-9-7-10-20-31/h4-15,19-25,30,66,68-71,73-78,80H,1-3,16-18,26-29H2/b25-15-,45-44?,49-46?. The molecule has 0 spiro atoms. The van der Waals surface area contributed by atoms with Gasteiger partial charge in [0.25, 0.3) is 0 Å². The summed E-state index contributed by atoms with van der Waals surface area (Å²) in [7, 11) is 0. The Balaban J connectivity index is 1.10. The van der Waals surface area contributed by atoms with Crippen LogP contribution in [0.3, 0.4) is 0 Å². The zero-order valence-corrected chi connectivity index (χ0v) is 43.1. The molecule has 4 aliphatic carbocycles. The molecule has 0 fully saturated rings. The minimum absolute atomic E-state index is 0.0588. The zero-order valence-electron chi connectivity index (χ0n) is 43.1. The Bertz CT molecular complexity index is 3960. The number of phenols is 6. The fourth-order valence-electron chi connectivity index (χ4n) is 10.5. The van der Waals surface area contributed by atoms with Gasteiger partial charge in [-0.05, 0) is 47.9 Å². The first-order chi connectivity index (χ1) is 38.8. The van der Waals surface area contributed by atoms with Gasteiger partial charge in [-0.1, -0.05) is 115 Å². The highest BCUT2D eigenvalue weighted by Crippen LogP contribution is 2.54. The smallest absolute Gasteiger partial charge is 0.202 e. The number of rotatable bonds is 17. The maximum atomic E-state index is 14.3. The van der Waals surface area contributed by atoms with Crippen LogP contribution < -0.4 is 0 Å². The predicted octanol–water partition coefficient (Wildman–Crippen LogP) is 10.8. The number of carbonyl (C=O) groups excluding carboxylic acids is 4. The second kappa shape index (κ2) is 21.9. The molecule has 408 valence electrons. The molecular weight excluding hydrogens is 1040 g/mol. The molecular formula is C65H52O16. The van der Waals surface area contributed by atoms with Crippen molar-refractivity contribution < 1.29 is 80.5 Å². The summed E-state index contributed by atoms with van der Waals surface area (Å²) in [5.41, 5.74) is -4.17. The summed E-state index contributed by atoms with van der Waals surface area (Å²) >= 11 is 0. The van der Waals surface area contributed by atoms with Crippen molar-refractivity contribution in [2.45, 2.75) is 44.9 Å². The highest BCUT2D eigenvalue weighted by molar-refractivity contribution is 6.43. The lowest BCUT2D eigenvalue weighted by Gasteiger charge is -2.29. The molecule has 0 atom stereocenters. The molecule has 0 aromatic heterocycles. The number of hydrogen-bond donors (Lipinski definition) is 12. The van der Waals surface area contributed by atoms with Gasteiger partial charge < -0.3 is 61.3 Å². The molecule has 0 aliphatic heterocycles. The second-order valence-corrected chi connectivity index (χ2v) is 19.4. The molecule has 5 aromatic rings. The average molecular weight is 1090 g/mol. The van der Waals surface area contributed by atoms with E-state index in [1.165, 1.54) is 24.3 Å². The monoisotopic (exact) mass is 1090 g/mol. The Labute approximate surface area is 462 Å². The number of ketones is 4. The van der Waals surface area contributed by atoms with Gasteiger partial charge >= 0.3 is 0 Å². The molecule has 0 saturated carbocycles. The number of aromatic hydroxyl groups is 6. The van der Waals surface area contributed by atoms with Crippen molar-refractivity contribution in [3.05, 3.63) is 264 Å². The molecule has 0 bridgehead atoms. The van der Waals surface area contributed by atoms with Crippen LogP contribution in [0, 0.1) is 0 Å². The number of hydrogen-bond acceptors (Lipinski definition) is 16. The number of phenolic OH excluding ortho intramolecular Hbond substituents is 6. The van der Waals surface area contributed by atoms with Crippen molar-refractivity contribution in [2.24, 2.45) is 0 Å². The van der Waals surface area contributed by atoms with Gasteiger partial charge in [-0.3, -0.25) is 19.2 Å². The van der Waals surface area contributed by atoms with E-state index in [0.717, 1.165) is 6.08 Å². The molecule has 0 amide bonds. The van der Waals surface area contributed by atoms with E-state index in [1.54, 1.807) is 91.0 Å². The SMILES string of the molecule is C=CCC1=C(O)C(CC=C)=C(O)C(=C2C(=O)C(c3c(O)c(CC=C)c(O)c(C/C=C\c4ccccc4Cc4c(O)c(Cc5ccccc5)c(O)c(C5=C(O)C(=C6C(=O)C=C(O)C(Cc7ccccc7)=C6O)C5=O)c4O)c3O)=C2O)C1=O. The van der Waals surface area contributed by atoms with E-state index in [1.807, 2.05) is 0 Å². The van der Waals surface area contributed by atoms with Gasteiger partial charge in [0, 0.05) is 64.3 Å². The Morgan fingerprint density at radius 3 is 1.37 bits per heavy atom. The van der Waals surface area contributed by atoms with Crippen molar-refractivity contribution in [2.75, 3.05) is 0 Å². The van der Waals surface area contributed by atoms with Crippen LogP contribution in [0.25, 0.3) is 17.2 Å². The molecule has 9 rings (SSSR count). The highest BCUT2D eigenvalue weighted by Gasteiger charge is 2.47. The first-order valence-electron chi connectivity index (χ1n) is 25.2. The maximum absolute atomic E-state index is 14.3. The van der Waals surface area contributed by atoms with Crippen LogP contribution in [0.2, 0.25) is 0 Å². The Kier molecular flexibility index (Phi) is 14.9. The molecule has 0 heterocycles. The van der Waals surface area contributed by atoms with Crippen LogP contribution in [0.15, 0.2) is 209 Å². The van der Waals surface area contributed by atoms with Gasteiger partial charge in [0.1, 0.15) is 69.1 Å². The lowest BCUT2D eigenvalue weighted by atomic mass is 9.75. The molecule has 4 aliphatic rings. The molecule has 0 saturated heterocycles. The normalized spacial score (nSPS) is 17.6. The first kappa shape index (κ1) is 55.0. The van der Waals surface area contributed by atoms with Crippen LogP contribution >= 0.6 is 0 Å². The number of benzene rings is 5. The predicted molar refractivity (Wildman–Crippen MR) is 301 cm³/mol. The maximum Gasteiger partial charge on any atom is 0.202 e. The first-order valence-corrected chi connectivity index (χ1v) is 25.2. The van der Waals surface area contributed by atoms with E-state index in [4.69, 9.17) is 0 Å². The van der Waals surface area contributed by atoms with E-state index >= 15 is 0 Å². The summed E-state index contributed by atoms with van der Waals surface area (Å²) in [5, 5.41) is 138. The van der Waals surface area contributed by atoms with Gasteiger partial charge in [0.05, 0.1) is 44.6 Å². The molecule has 12 N–H and O–H groups in total. The summed E-state index contributed by atoms with van der Waals surface area (Å²) in [6.45, 7) is 10.9. The van der Waals surface area contributed by atoms with E-state index in [-0.39, 0.29) is 83.9 Å². The summed E-state index contributed by atoms with van der Waals surface area (Å²) in [4.78, 5) is 55.4. The average Bonchev–Trinajstić information content (AvgIpc) is 2.37. The van der Waals surface area contributed by atoms with E-state index in [0.29, 0.717) is 22.3 Å². The van der Waals surface area contributed by atoms with E-state index in [9.17, 15) is 80.5 Å². The van der Waals surface area contributed by atoms with Gasteiger partial charge in [-0.15, -0.1) is 19.7 Å². The summed E-state index contributed by atoms with van der Waals surface area (Å²) in [6, 6.07) is 23.8. The van der Waals surface area contributed by atoms with Crippen molar-refractivity contribution >= 4 is 40.4 Å². The van der Waals surface area contributed by atoms with Crippen LogP contribution in [0.5, 0.6) is 34.5 Å². The van der Waals surface area contributed by atoms with Crippen LogP contribution in [0.4, 0.5) is 0 Å². The number of allylic oxidation sites excluding steroid dienone is 14. The van der Waals surface area contributed by atoms with Crippen LogP contribution in [0.1, 0.15) is 68.5 Å². The number of aliphatic hydroxyl groups is 6. The minimum atomic E-state index is -1.07. The molecule has 16 heteroatoms. The van der Waals surface area contributed by atoms with Crippen LogP contribution in [-0.2, 0) is 51.3 Å². The van der Waals surface area contributed by atoms with Crippen LogP contribution in [-0.4, -0.2) is 84.4 Å². The summed E-state index contributed by atoms with van der Waals surface area (Å²) < 4.78 is 0. The second-order valence-electron chi connectivity index (χ2n) is 19.4. The topological polar surface area (TPSA) is 311 Å². The molecule has 5 aromatic carbocycles. The van der Waals surface area contributed by atoms with Crippen molar-refractivity contribution in [1.82, 2.24) is 0 Å². The Morgan fingerprint density at radius 2 is 0.815 bits per heavy atom. The summed E-state index contributed by atoms with van der Waals surface area (Å²) in [5.74, 6) is -12.9. The van der Waals surface area contributed by atoms with Gasteiger partial charge in [-0.25, -0.2) is 0 Å². The van der Waals surface area contributed by atoms with Crippen molar-refractivity contribution in [1.29, 1.82) is 0 Å². The van der Waals surface area contributed by atoms with Crippen molar-refractivity contribution in [3.8, 4) is 34.5 Å². The largest absolute Gasteiger partial charge is 0.507 e. The lowest BCUT2D eigenvalue weighted by molar-refractivity contribution is -0.115. The molecule has 81 heavy (non-hydrogen) atoms. The van der Waals surface area contributed by atoms with Gasteiger partial charge in [-0.2, -0.15) is 0 Å². The molecule has 0 radical (unpaired) electrons. The Hall–Kier alpha value is -10.7. The molecule has 0 unspecified atom stereocenters.